The Morgan fingerprint density at radius 2 is 1.43 bits per heavy atom. The topological polar surface area (TPSA) is 139 Å². The second kappa shape index (κ2) is 19.1. The molecule has 6 rings (SSSR count). The van der Waals surface area contributed by atoms with Crippen LogP contribution in [0.3, 0.4) is 0 Å². The molecule has 60 heavy (non-hydrogen) atoms. The number of carbonyl (C=O) groups is 2. The van der Waals surface area contributed by atoms with Crippen LogP contribution in [0, 0.1) is 0 Å². The summed E-state index contributed by atoms with van der Waals surface area (Å²) in [4.78, 5) is 39.4. The molecule has 5 aromatic rings. The lowest BCUT2D eigenvalue weighted by Crippen LogP contribution is -2.68. The number of hydrogen-bond donors (Lipinski definition) is 2. The number of ether oxygens (including phenoxy) is 3. The van der Waals surface area contributed by atoms with Crippen LogP contribution in [0.1, 0.15) is 76.9 Å². The number of rotatable bonds is 18. The van der Waals surface area contributed by atoms with Crippen LogP contribution in [0.4, 0.5) is 19.0 Å². The van der Waals surface area contributed by atoms with Crippen molar-refractivity contribution in [2.24, 2.45) is 0 Å². The van der Waals surface area contributed by atoms with E-state index in [0.717, 1.165) is 23.2 Å². The molecule has 16 heteroatoms. The van der Waals surface area contributed by atoms with Crippen molar-refractivity contribution < 1.29 is 41.4 Å². The van der Waals surface area contributed by atoms with E-state index in [-0.39, 0.29) is 36.8 Å². The molecule has 4 atom stereocenters. The number of imidazole rings is 1. The van der Waals surface area contributed by atoms with Gasteiger partial charge in [-0.25, -0.2) is 15.0 Å². The summed E-state index contributed by atoms with van der Waals surface area (Å²) in [5.41, 5.74) is -0.933. The zero-order chi connectivity index (χ0) is 43.0. The Labute approximate surface area is 349 Å². The molecule has 3 heterocycles. The Hall–Kier alpha value is -5.00. The second-order valence-corrected chi connectivity index (χ2v) is 20.2. The molecule has 2 aromatic heterocycles. The minimum absolute atomic E-state index is 0.0707. The molecule has 1 aliphatic rings. The summed E-state index contributed by atoms with van der Waals surface area (Å²) in [6, 6.07) is 26.9. The predicted octanol–water partition coefficient (Wildman–Crippen LogP) is 6.97. The first-order valence-electron chi connectivity index (χ1n) is 20.3. The normalized spacial score (nSPS) is 19.7. The van der Waals surface area contributed by atoms with E-state index >= 15 is 0 Å². The van der Waals surface area contributed by atoms with Gasteiger partial charge in [0.05, 0.1) is 19.5 Å². The van der Waals surface area contributed by atoms with Gasteiger partial charge in [0, 0.05) is 18.8 Å². The predicted molar refractivity (Wildman–Crippen MR) is 225 cm³/mol. The molecule has 2 amide bonds. The van der Waals surface area contributed by atoms with Crippen molar-refractivity contribution in [3.8, 4) is 0 Å². The number of carbonyl (C=O) groups excluding carboxylic acids is 2. The monoisotopic (exact) mass is 846 g/mol. The molecule has 0 aliphatic carbocycles. The summed E-state index contributed by atoms with van der Waals surface area (Å²) >= 11 is 0. The number of benzene rings is 3. The number of unbranched alkanes of at least 4 members (excludes halogenated alkanes) is 2. The smallest absolute Gasteiger partial charge is 0.404 e. The number of nitrogens with zero attached hydrogens (tertiary/aromatic N) is 4. The Kier molecular flexibility index (Phi) is 14.2. The van der Waals surface area contributed by atoms with Gasteiger partial charge in [0.1, 0.15) is 24.1 Å². The van der Waals surface area contributed by atoms with Crippen LogP contribution in [0.2, 0.25) is 5.04 Å². The number of fused-ring (bicyclic) bond motifs is 1. The van der Waals surface area contributed by atoms with Gasteiger partial charge >= 0.3 is 12.1 Å². The first-order valence-corrected chi connectivity index (χ1v) is 22.2. The fourth-order valence-electron chi connectivity index (χ4n) is 7.73. The molecule has 1 saturated heterocycles. The second-order valence-electron chi connectivity index (χ2n) is 15.9. The molecule has 320 valence electrons. The van der Waals surface area contributed by atoms with Crippen LogP contribution in [0.25, 0.3) is 11.2 Å². The summed E-state index contributed by atoms with van der Waals surface area (Å²) in [5.74, 6) is -2.55. The number of anilines is 1. The molecule has 12 nitrogen and oxygen atoms in total. The number of nitrogens with one attached hydrogen (secondary N) is 2. The van der Waals surface area contributed by atoms with E-state index in [0.29, 0.717) is 25.0 Å². The van der Waals surface area contributed by atoms with Crippen LogP contribution >= 0.6 is 0 Å². The van der Waals surface area contributed by atoms with Crippen molar-refractivity contribution in [2.75, 3.05) is 31.7 Å². The van der Waals surface area contributed by atoms with Crippen molar-refractivity contribution in [1.82, 2.24) is 24.8 Å². The van der Waals surface area contributed by atoms with E-state index in [1.54, 1.807) is 30.3 Å². The number of alkyl halides is 3. The maximum atomic E-state index is 14.2. The van der Waals surface area contributed by atoms with Gasteiger partial charge in [0.25, 0.3) is 14.2 Å². The minimum atomic E-state index is -5.24. The summed E-state index contributed by atoms with van der Waals surface area (Å²) in [7, 11) is -3.29. The van der Waals surface area contributed by atoms with Crippen LogP contribution in [0.15, 0.2) is 104 Å². The third kappa shape index (κ3) is 9.47. The number of amides is 2. The fraction of sp³-hybridized carbons (Fsp3) is 0.432. The average molecular weight is 847 g/mol. The number of aromatic nitrogens is 4. The van der Waals surface area contributed by atoms with Gasteiger partial charge in [-0.15, -0.1) is 0 Å². The van der Waals surface area contributed by atoms with E-state index in [9.17, 15) is 22.8 Å². The Morgan fingerprint density at radius 3 is 2.02 bits per heavy atom. The lowest BCUT2D eigenvalue weighted by molar-refractivity contribution is -0.175. The van der Waals surface area contributed by atoms with Crippen molar-refractivity contribution >= 4 is 47.5 Å². The largest absolute Gasteiger partial charge is 0.471 e. The van der Waals surface area contributed by atoms with Crippen LogP contribution in [-0.2, 0) is 23.4 Å². The highest BCUT2D eigenvalue weighted by atomic mass is 28.4. The average Bonchev–Trinajstić information content (AvgIpc) is 3.80. The van der Waals surface area contributed by atoms with Crippen molar-refractivity contribution in [1.29, 1.82) is 0 Å². The zero-order valence-electron chi connectivity index (χ0n) is 34.6. The van der Waals surface area contributed by atoms with Gasteiger partial charge in [-0.1, -0.05) is 126 Å². The highest BCUT2D eigenvalue weighted by Gasteiger charge is 2.61. The fourth-order valence-corrected chi connectivity index (χ4v) is 12.4. The van der Waals surface area contributed by atoms with E-state index in [4.69, 9.17) is 18.6 Å². The molecule has 1 fully saturated rings. The highest BCUT2D eigenvalue weighted by Crippen LogP contribution is 2.44. The van der Waals surface area contributed by atoms with Crippen molar-refractivity contribution in [3.05, 3.63) is 109 Å². The van der Waals surface area contributed by atoms with Crippen molar-refractivity contribution in [2.45, 2.75) is 95.5 Å². The van der Waals surface area contributed by atoms with Crippen molar-refractivity contribution in [3.63, 3.8) is 0 Å². The van der Waals surface area contributed by atoms with Crippen LogP contribution in [0.5, 0.6) is 0 Å². The van der Waals surface area contributed by atoms with Gasteiger partial charge in [-0.05, 0) is 40.4 Å². The third-order valence-corrected chi connectivity index (χ3v) is 15.7. The van der Waals surface area contributed by atoms with Gasteiger partial charge in [0.2, 0.25) is 0 Å². The highest BCUT2D eigenvalue weighted by molar-refractivity contribution is 6.99. The van der Waals surface area contributed by atoms with E-state index < -0.39 is 55.3 Å². The van der Waals surface area contributed by atoms with E-state index in [2.05, 4.69) is 46.4 Å². The molecule has 2 N–H and O–H groups in total. The van der Waals surface area contributed by atoms with Gasteiger partial charge < -0.3 is 29.3 Å². The molecule has 3 aromatic carbocycles. The SMILES string of the molecule is CCCCOCC1(CO[Si](c2ccccc2)(c2ccccc2)C(C)(C)C)O[C@@H](n2cnc3c(NC(=O)c4ccccc4)ncnc32)[C@@H](NC(=O)C(F)(F)F)C1OCCCC. The lowest BCUT2D eigenvalue weighted by Gasteiger charge is -2.45. The molecule has 0 bridgehead atoms. The summed E-state index contributed by atoms with van der Waals surface area (Å²) in [6.45, 7) is 10.5. The maximum absolute atomic E-state index is 14.2. The number of hydrogen-bond acceptors (Lipinski definition) is 9. The molecule has 0 spiro atoms. The molecular formula is C44H53F3N6O6Si. The summed E-state index contributed by atoms with van der Waals surface area (Å²) in [5, 5.41) is 6.49. The van der Waals surface area contributed by atoms with Crippen LogP contribution in [-0.4, -0.2) is 90.0 Å². The van der Waals surface area contributed by atoms with E-state index in [1.807, 2.05) is 74.5 Å². The minimum Gasteiger partial charge on any atom is -0.404 e. The quantitative estimate of drug-likeness (QED) is 0.0708. The Morgan fingerprint density at radius 1 is 0.833 bits per heavy atom. The lowest BCUT2D eigenvalue weighted by atomic mass is 9.94. The molecule has 0 saturated carbocycles. The first-order chi connectivity index (χ1) is 28.8. The first kappa shape index (κ1) is 44.5. The van der Waals surface area contributed by atoms with Gasteiger partial charge in [0.15, 0.2) is 23.2 Å². The molecule has 2 unspecified atom stereocenters. The Balaban J connectivity index is 1.51. The number of halogens is 3. The molecule has 0 radical (unpaired) electrons. The van der Waals surface area contributed by atoms with Crippen LogP contribution < -0.4 is 21.0 Å². The Bertz CT molecular complexity index is 2130. The van der Waals surface area contributed by atoms with E-state index in [1.165, 1.54) is 17.2 Å². The molecule has 1 aliphatic heterocycles. The standard InChI is InChI=1S/C44H53F3N6O6Si/c1-6-8-25-56-27-43(28-58-60(42(3,4)5,32-21-15-11-16-22-32)33-23-17-12-18-24-33)36(57-26-9-7-2)34(51-41(55)44(45,46)47)40(59-43)53-30-50-35-37(48-29-49-38(35)53)52-39(54)31-19-13-10-14-20-31/h10-24,29-30,34,36,40H,6-9,25-28H2,1-5H3,(H,51,55)(H,48,49,52,54)/t34-,36?,40+,43?/m0/s1. The summed E-state index contributed by atoms with van der Waals surface area (Å²) in [6.07, 6.45) is -2.43. The third-order valence-electron chi connectivity index (χ3n) is 10.7. The summed E-state index contributed by atoms with van der Waals surface area (Å²) < 4.78 is 71.6. The zero-order valence-corrected chi connectivity index (χ0v) is 35.6. The maximum Gasteiger partial charge on any atom is 0.471 e. The molecular weight excluding hydrogens is 794 g/mol. The van der Waals surface area contributed by atoms with Gasteiger partial charge in [-0.2, -0.15) is 13.2 Å². The van der Waals surface area contributed by atoms with Gasteiger partial charge in [-0.3, -0.25) is 14.2 Å².